The standard InChI is InChI=1S/C12H16F2N2O/c1-4-15-11-9(13)7-10(14)12(16-11)17-6-5-8(2)3/h7H,2,4-6H2,1,3H3,(H,15,16). The summed E-state index contributed by atoms with van der Waals surface area (Å²) in [6.45, 7) is 8.13. The van der Waals surface area contributed by atoms with Gasteiger partial charge in [-0.25, -0.2) is 8.78 Å². The summed E-state index contributed by atoms with van der Waals surface area (Å²) in [7, 11) is 0. The van der Waals surface area contributed by atoms with E-state index in [0.29, 0.717) is 13.0 Å². The van der Waals surface area contributed by atoms with Crippen LogP contribution in [0.4, 0.5) is 14.6 Å². The molecule has 0 unspecified atom stereocenters. The summed E-state index contributed by atoms with van der Waals surface area (Å²) in [4.78, 5) is 3.75. The van der Waals surface area contributed by atoms with Gasteiger partial charge in [-0.15, -0.1) is 6.58 Å². The Labute approximate surface area is 99.5 Å². The van der Waals surface area contributed by atoms with Crippen LogP contribution in [-0.2, 0) is 0 Å². The molecule has 1 heterocycles. The van der Waals surface area contributed by atoms with Gasteiger partial charge in [-0.2, -0.15) is 4.98 Å². The van der Waals surface area contributed by atoms with E-state index in [1.807, 2.05) is 6.92 Å². The minimum absolute atomic E-state index is 0.000718. The first-order chi connectivity index (χ1) is 8.04. The van der Waals surface area contributed by atoms with Crippen LogP contribution in [-0.4, -0.2) is 18.1 Å². The lowest BCUT2D eigenvalue weighted by Crippen LogP contribution is -2.07. The van der Waals surface area contributed by atoms with Crippen LogP contribution in [0.25, 0.3) is 0 Å². The number of nitrogens with one attached hydrogen (secondary N) is 1. The highest BCUT2D eigenvalue weighted by Gasteiger charge is 2.12. The minimum Gasteiger partial charge on any atom is -0.475 e. The molecule has 17 heavy (non-hydrogen) atoms. The van der Waals surface area contributed by atoms with E-state index in [1.165, 1.54) is 0 Å². The van der Waals surface area contributed by atoms with Gasteiger partial charge in [0.15, 0.2) is 17.5 Å². The smallest absolute Gasteiger partial charge is 0.252 e. The molecule has 3 nitrogen and oxygen atoms in total. The van der Waals surface area contributed by atoms with Crippen molar-refractivity contribution >= 4 is 5.82 Å². The lowest BCUT2D eigenvalue weighted by atomic mass is 10.3. The molecule has 0 saturated carbocycles. The van der Waals surface area contributed by atoms with Crippen molar-refractivity contribution in [3.05, 3.63) is 29.9 Å². The zero-order valence-corrected chi connectivity index (χ0v) is 10.0. The molecule has 0 radical (unpaired) electrons. The van der Waals surface area contributed by atoms with Crippen LogP contribution in [0.2, 0.25) is 0 Å². The first-order valence-corrected chi connectivity index (χ1v) is 5.41. The molecule has 94 valence electrons. The maximum absolute atomic E-state index is 13.3. The van der Waals surface area contributed by atoms with E-state index in [2.05, 4.69) is 16.9 Å². The summed E-state index contributed by atoms with van der Waals surface area (Å²) in [5, 5.41) is 2.69. The predicted octanol–water partition coefficient (Wildman–Crippen LogP) is 3.14. The number of nitrogens with zero attached hydrogens (tertiary/aromatic N) is 1. The normalized spacial score (nSPS) is 10.1. The molecule has 0 aliphatic heterocycles. The van der Waals surface area contributed by atoms with Crippen molar-refractivity contribution in [3.8, 4) is 5.88 Å². The molecule has 0 saturated heterocycles. The molecular formula is C12H16F2N2O. The third kappa shape index (κ3) is 4.01. The highest BCUT2D eigenvalue weighted by atomic mass is 19.1. The molecule has 0 aliphatic carbocycles. The van der Waals surface area contributed by atoms with Gasteiger partial charge in [-0.3, -0.25) is 0 Å². The van der Waals surface area contributed by atoms with Crippen LogP contribution in [0, 0.1) is 11.6 Å². The highest BCUT2D eigenvalue weighted by Crippen LogP contribution is 2.21. The fraction of sp³-hybridized carbons (Fsp3) is 0.417. The lowest BCUT2D eigenvalue weighted by molar-refractivity contribution is 0.291. The second-order valence-corrected chi connectivity index (χ2v) is 3.69. The molecule has 0 spiro atoms. The Kier molecular flexibility index (Phi) is 4.87. The van der Waals surface area contributed by atoms with Gasteiger partial charge in [0.05, 0.1) is 6.61 Å². The van der Waals surface area contributed by atoms with Crippen molar-refractivity contribution in [2.75, 3.05) is 18.5 Å². The van der Waals surface area contributed by atoms with Crippen LogP contribution in [0.15, 0.2) is 18.2 Å². The third-order valence-corrected chi connectivity index (χ3v) is 2.01. The molecule has 1 rings (SSSR count). The second kappa shape index (κ2) is 6.18. The molecule has 5 heteroatoms. The Hall–Kier alpha value is -1.65. The van der Waals surface area contributed by atoms with E-state index in [4.69, 9.17) is 4.74 Å². The van der Waals surface area contributed by atoms with Crippen molar-refractivity contribution in [1.29, 1.82) is 0 Å². The molecule has 1 aromatic rings. The van der Waals surface area contributed by atoms with Gasteiger partial charge in [0.1, 0.15) is 0 Å². The number of hydrogen-bond donors (Lipinski definition) is 1. The summed E-state index contributed by atoms with van der Waals surface area (Å²) in [5.41, 5.74) is 0.930. The Morgan fingerprint density at radius 1 is 1.47 bits per heavy atom. The van der Waals surface area contributed by atoms with Crippen LogP contribution in [0.1, 0.15) is 20.3 Å². The maximum atomic E-state index is 13.3. The Bertz CT molecular complexity index is 408. The molecule has 1 N–H and O–H groups in total. The van der Waals surface area contributed by atoms with Crippen molar-refractivity contribution in [2.45, 2.75) is 20.3 Å². The zero-order chi connectivity index (χ0) is 12.8. The third-order valence-electron chi connectivity index (χ3n) is 2.01. The monoisotopic (exact) mass is 242 g/mol. The largest absolute Gasteiger partial charge is 0.475 e. The fourth-order valence-corrected chi connectivity index (χ4v) is 1.16. The summed E-state index contributed by atoms with van der Waals surface area (Å²) in [6, 6.07) is 0.765. The molecule has 0 aliphatic rings. The number of ether oxygens (including phenoxy) is 1. The number of anilines is 1. The SMILES string of the molecule is C=C(C)CCOc1nc(NCC)c(F)cc1F. The fourth-order valence-electron chi connectivity index (χ4n) is 1.16. The summed E-state index contributed by atoms with van der Waals surface area (Å²) in [6.07, 6.45) is 0.606. The molecule has 0 amide bonds. The van der Waals surface area contributed by atoms with Crippen LogP contribution >= 0.6 is 0 Å². The van der Waals surface area contributed by atoms with Gasteiger partial charge in [-0.05, 0) is 13.8 Å². The molecule has 0 aromatic carbocycles. The Morgan fingerprint density at radius 3 is 2.76 bits per heavy atom. The average molecular weight is 242 g/mol. The van der Waals surface area contributed by atoms with Gasteiger partial charge >= 0.3 is 0 Å². The lowest BCUT2D eigenvalue weighted by Gasteiger charge is -2.09. The first-order valence-electron chi connectivity index (χ1n) is 5.41. The predicted molar refractivity (Wildman–Crippen MR) is 63.2 cm³/mol. The van der Waals surface area contributed by atoms with Crippen LogP contribution in [0.3, 0.4) is 0 Å². The number of rotatable bonds is 6. The number of pyridine rings is 1. The van der Waals surface area contributed by atoms with Crippen molar-refractivity contribution in [3.63, 3.8) is 0 Å². The Balaban J connectivity index is 2.76. The molecule has 1 aromatic heterocycles. The Morgan fingerprint density at radius 2 is 2.18 bits per heavy atom. The topological polar surface area (TPSA) is 34.1 Å². The minimum atomic E-state index is -0.800. The highest BCUT2D eigenvalue weighted by molar-refractivity contribution is 5.39. The van der Waals surface area contributed by atoms with E-state index in [0.717, 1.165) is 11.6 Å². The van der Waals surface area contributed by atoms with E-state index in [1.54, 1.807) is 6.92 Å². The van der Waals surface area contributed by atoms with Crippen molar-refractivity contribution in [1.82, 2.24) is 4.98 Å². The zero-order valence-electron chi connectivity index (χ0n) is 10.0. The summed E-state index contributed by atoms with van der Waals surface area (Å²) >= 11 is 0. The van der Waals surface area contributed by atoms with Gasteiger partial charge in [-0.1, -0.05) is 5.57 Å². The summed E-state index contributed by atoms with van der Waals surface area (Å²) < 4.78 is 31.7. The van der Waals surface area contributed by atoms with Gasteiger partial charge < -0.3 is 10.1 Å². The molecule has 0 bridgehead atoms. The van der Waals surface area contributed by atoms with E-state index >= 15 is 0 Å². The van der Waals surface area contributed by atoms with E-state index in [9.17, 15) is 8.78 Å². The summed E-state index contributed by atoms with van der Waals surface area (Å²) in [5.74, 6) is -1.72. The number of hydrogen-bond acceptors (Lipinski definition) is 3. The maximum Gasteiger partial charge on any atom is 0.252 e. The van der Waals surface area contributed by atoms with Crippen LogP contribution in [0.5, 0.6) is 5.88 Å². The van der Waals surface area contributed by atoms with E-state index < -0.39 is 11.6 Å². The first kappa shape index (κ1) is 13.4. The molecular weight excluding hydrogens is 226 g/mol. The van der Waals surface area contributed by atoms with Crippen molar-refractivity contribution < 1.29 is 13.5 Å². The van der Waals surface area contributed by atoms with Gasteiger partial charge in [0, 0.05) is 19.0 Å². The van der Waals surface area contributed by atoms with Gasteiger partial charge in [0.2, 0.25) is 0 Å². The molecule has 0 atom stereocenters. The quantitative estimate of drug-likeness (QED) is 0.778. The molecule has 0 fully saturated rings. The van der Waals surface area contributed by atoms with E-state index in [-0.39, 0.29) is 18.3 Å². The van der Waals surface area contributed by atoms with Crippen molar-refractivity contribution in [2.24, 2.45) is 0 Å². The number of halogens is 2. The second-order valence-electron chi connectivity index (χ2n) is 3.69. The van der Waals surface area contributed by atoms with Crippen LogP contribution < -0.4 is 10.1 Å². The average Bonchev–Trinajstić information content (AvgIpc) is 2.24. The number of aromatic nitrogens is 1. The van der Waals surface area contributed by atoms with Gasteiger partial charge in [0.25, 0.3) is 5.88 Å².